The molecule has 0 amide bonds. The summed E-state index contributed by atoms with van der Waals surface area (Å²) in [6, 6.07) is 8.00. The molecule has 0 saturated heterocycles. The zero-order chi connectivity index (χ0) is 10.7. The van der Waals surface area contributed by atoms with E-state index < -0.39 is 0 Å². The van der Waals surface area contributed by atoms with Crippen molar-refractivity contribution in [2.45, 2.75) is 13.5 Å². The van der Waals surface area contributed by atoms with Crippen molar-refractivity contribution in [2.75, 3.05) is 0 Å². The van der Waals surface area contributed by atoms with Gasteiger partial charge in [-0.1, -0.05) is 18.2 Å². The molecule has 1 aromatic heterocycles. The molecule has 0 atom stereocenters. The van der Waals surface area contributed by atoms with Crippen molar-refractivity contribution in [2.24, 2.45) is 7.05 Å². The molecule has 0 radical (unpaired) electrons. The van der Waals surface area contributed by atoms with Crippen molar-refractivity contribution >= 4 is 0 Å². The number of hydrogen-bond donors (Lipinski definition) is 0. The van der Waals surface area contributed by atoms with Crippen LogP contribution in [0.4, 0.5) is 0 Å². The van der Waals surface area contributed by atoms with Crippen LogP contribution >= 0.6 is 0 Å². The average Bonchev–Trinajstić information content (AvgIpc) is 2.63. The Kier molecular flexibility index (Phi) is 2.72. The highest BCUT2D eigenvalue weighted by molar-refractivity contribution is 5.31. The molecule has 0 fully saturated rings. The van der Waals surface area contributed by atoms with E-state index in [0.29, 0.717) is 6.61 Å². The van der Waals surface area contributed by atoms with E-state index in [-0.39, 0.29) is 0 Å². The fourth-order valence-corrected chi connectivity index (χ4v) is 1.39. The lowest BCUT2D eigenvalue weighted by atomic mass is 10.2. The van der Waals surface area contributed by atoms with Gasteiger partial charge in [-0.25, -0.2) is 4.98 Å². The third-order valence-corrected chi connectivity index (χ3v) is 2.39. The summed E-state index contributed by atoms with van der Waals surface area (Å²) in [6.07, 6.45) is 3.59. The van der Waals surface area contributed by atoms with Gasteiger partial charge in [-0.15, -0.1) is 0 Å². The van der Waals surface area contributed by atoms with Gasteiger partial charge in [0.15, 0.2) is 0 Å². The zero-order valence-electron chi connectivity index (χ0n) is 8.97. The number of nitrogens with zero attached hydrogens (tertiary/aromatic N) is 2. The van der Waals surface area contributed by atoms with Gasteiger partial charge in [0, 0.05) is 7.05 Å². The quantitative estimate of drug-likeness (QED) is 0.763. The molecule has 0 N–H and O–H groups in total. The van der Waals surface area contributed by atoms with Crippen LogP contribution in [-0.4, -0.2) is 9.55 Å². The van der Waals surface area contributed by atoms with Crippen LogP contribution in [0, 0.1) is 6.92 Å². The van der Waals surface area contributed by atoms with Crippen LogP contribution in [0.2, 0.25) is 0 Å². The Morgan fingerprint density at radius 1 is 1.33 bits per heavy atom. The number of aromatic nitrogens is 2. The number of para-hydroxylation sites is 1. The number of benzene rings is 1. The monoisotopic (exact) mass is 202 g/mol. The van der Waals surface area contributed by atoms with Crippen LogP contribution in [-0.2, 0) is 13.7 Å². The van der Waals surface area contributed by atoms with E-state index in [0.717, 1.165) is 17.0 Å². The Bertz CT molecular complexity index is 448. The molecule has 0 bridgehead atoms. The normalized spacial score (nSPS) is 10.3. The molecule has 0 unspecified atom stereocenters. The van der Waals surface area contributed by atoms with Crippen molar-refractivity contribution in [3.8, 4) is 5.75 Å². The zero-order valence-corrected chi connectivity index (χ0v) is 8.97. The summed E-state index contributed by atoms with van der Waals surface area (Å²) in [5.74, 6) is 0.929. The first-order valence-electron chi connectivity index (χ1n) is 4.91. The van der Waals surface area contributed by atoms with Gasteiger partial charge in [-0.05, 0) is 18.6 Å². The summed E-state index contributed by atoms with van der Waals surface area (Å²) in [7, 11) is 1.96. The van der Waals surface area contributed by atoms with Crippen LogP contribution in [0.15, 0.2) is 36.8 Å². The van der Waals surface area contributed by atoms with E-state index in [1.807, 2.05) is 49.0 Å². The molecule has 3 nitrogen and oxygen atoms in total. The van der Waals surface area contributed by atoms with Crippen LogP contribution < -0.4 is 4.74 Å². The molecule has 0 spiro atoms. The number of hydrogen-bond acceptors (Lipinski definition) is 2. The van der Waals surface area contributed by atoms with Crippen molar-refractivity contribution < 1.29 is 4.74 Å². The van der Waals surface area contributed by atoms with E-state index in [1.54, 1.807) is 6.33 Å². The largest absolute Gasteiger partial charge is 0.487 e. The summed E-state index contributed by atoms with van der Waals surface area (Å²) >= 11 is 0. The summed E-state index contributed by atoms with van der Waals surface area (Å²) < 4.78 is 7.66. The molecule has 15 heavy (non-hydrogen) atoms. The maximum Gasteiger partial charge on any atom is 0.130 e. The van der Waals surface area contributed by atoms with Gasteiger partial charge < -0.3 is 9.30 Å². The summed E-state index contributed by atoms with van der Waals surface area (Å²) in [5.41, 5.74) is 2.22. The third kappa shape index (κ3) is 2.18. The molecule has 1 heterocycles. The van der Waals surface area contributed by atoms with E-state index in [2.05, 4.69) is 4.98 Å². The Balaban J connectivity index is 2.06. The number of aryl methyl sites for hydroxylation is 2. The van der Waals surface area contributed by atoms with Gasteiger partial charge in [0.2, 0.25) is 0 Å². The summed E-state index contributed by atoms with van der Waals surface area (Å²) in [4.78, 5) is 4.04. The molecule has 1 aromatic carbocycles. The van der Waals surface area contributed by atoms with Crippen molar-refractivity contribution in [3.63, 3.8) is 0 Å². The summed E-state index contributed by atoms with van der Waals surface area (Å²) in [5, 5.41) is 0. The van der Waals surface area contributed by atoms with E-state index in [9.17, 15) is 0 Å². The first kappa shape index (κ1) is 9.77. The minimum atomic E-state index is 0.557. The molecule has 2 aromatic rings. The fraction of sp³-hybridized carbons (Fsp3) is 0.250. The lowest BCUT2D eigenvalue weighted by Crippen LogP contribution is -2.01. The molecule has 0 saturated carbocycles. The molecular formula is C12H14N2O. The molecule has 0 aliphatic rings. The first-order chi connectivity index (χ1) is 7.27. The predicted molar refractivity (Wildman–Crippen MR) is 58.7 cm³/mol. The molecular weight excluding hydrogens is 188 g/mol. The maximum absolute atomic E-state index is 5.70. The van der Waals surface area contributed by atoms with Crippen LogP contribution in [0.25, 0.3) is 0 Å². The lowest BCUT2D eigenvalue weighted by Gasteiger charge is -2.08. The second kappa shape index (κ2) is 4.17. The predicted octanol–water partition coefficient (Wildman–Crippen LogP) is 2.31. The molecule has 0 aliphatic heterocycles. The average molecular weight is 202 g/mol. The number of rotatable bonds is 3. The Labute approximate surface area is 89.3 Å². The SMILES string of the molecule is Cc1ccccc1OCc1cncn1C. The standard InChI is InChI=1S/C12H14N2O/c1-10-5-3-4-6-12(10)15-8-11-7-13-9-14(11)2/h3-7,9H,8H2,1-2H3. The smallest absolute Gasteiger partial charge is 0.130 e. The van der Waals surface area contributed by atoms with Gasteiger partial charge >= 0.3 is 0 Å². The van der Waals surface area contributed by atoms with Crippen LogP contribution in [0.5, 0.6) is 5.75 Å². The van der Waals surface area contributed by atoms with Gasteiger partial charge in [0.25, 0.3) is 0 Å². The second-order valence-corrected chi connectivity index (χ2v) is 3.55. The highest BCUT2D eigenvalue weighted by Crippen LogP contribution is 2.17. The minimum absolute atomic E-state index is 0.557. The molecule has 78 valence electrons. The van der Waals surface area contributed by atoms with E-state index in [1.165, 1.54) is 0 Å². The topological polar surface area (TPSA) is 27.1 Å². The van der Waals surface area contributed by atoms with E-state index in [4.69, 9.17) is 4.74 Å². The van der Waals surface area contributed by atoms with Gasteiger partial charge in [-0.3, -0.25) is 0 Å². The van der Waals surface area contributed by atoms with Gasteiger partial charge in [-0.2, -0.15) is 0 Å². The number of imidazole rings is 1. The van der Waals surface area contributed by atoms with Crippen molar-refractivity contribution in [1.29, 1.82) is 0 Å². The Morgan fingerprint density at radius 3 is 2.80 bits per heavy atom. The number of ether oxygens (including phenoxy) is 1. The maximum atomic E-state index is 5.70. The fourth-order valence-electron chi connectivity index (χ4n) is 1.39. The lowest BCUT2D eigenvalue weighted by molar-refractivity contribution is 0.295. The van der Waals surface area contributed by atoms with Crippen LogP contribution in [0.1, 0.15) is 11.3 Å². The Hall–Kier alpha value is -1.77. The van der Waals surface area contributed by atoms with Crippen molar-refractivity contribution in [3.05, 3.63) is 48.0 Å². The van der Waals surface area contributed by atoms with Gasteiger partial charge in [0.05, 0.1) is 18.2 Å². The molecule has 0 aliphatic carbocycles. The third-order valence-electron chi connectivity index (χ3n) is 2.39. The van der Waals surface area contributed by atoms with Gasteiger partial charge in [0.1, 0.15) is 12.4 Å². The highest BCUT2D eigenvalue weighted by atomic mass is 16.5. The first-order valence-corrected chi connectivity index (χ1v) is 4.91. The molecule has 2 rings (SSSR count). The second-order valence-electron chi connectivity index (χ2n) is 3.55. The minimum Gasteiger partial charge on any atom is -0.487 e. The van der Waals surface area contributed by atoms with E-state index >= 15 is 0 Å². The van der Waals surface area contributed by atoms with Crippen molar-refractivity contribution in [1.82, 2.24) is 9.55 Å². The summed E-state index contributed by atoms with van der Waals surface area (Å²) in [6.45, 7) is 2.60. The Morgan fingerprint density at radius 2 is 2.13 bits per heavy atom. The highest BCUT2D eigenvalue weighted by Gasteiger charge is 2.01. The molecule has 3 heteroatoms. The van der Waals surface area contributed by atoms with Crippen LogP contribution in [0.3, 0.4) is 0 Å².